The molecule has 1 saturated heterocycles. The lowest BCUT2D eigenvalue weighted by atomic mass is 10.2. The zero-order valence-corrected chi connectivity index (χ0v) is 27.6. The summed E-state index contributed by atoms with van der Waals surface area (Å²) in [6.07, 6.45) is 0. The van der Waals surface area contributed by atoms with E-state index in [9.17, 15) is 9.59 Å². The molecule has 12 heteroatoms. The lowest BCUT2D eigenvalue weighted by molar-refractivity contribution is -0.136. The Balaban J connectivity index is 0.963. The third-order valence-corrected chi connectivity index (χ3v) is 9.82. The normalized spacial score (nSPS) is 13.1. The lowest BCUT2D eigenvalue weighted by Gasteiger charge is -2.34. The highest BCUT2D eigenvalue weighted by molar-refractivity contribution is 8.00. The Morgan fingerprint density at radius 1 is 0.479 bits per heavy atom. The fourth-order valence-corrected chi connectivity index (χ4v) is 7.24. The Hall–Kier alpha value is -5.20. The maximum absolute atomic E-state index is 13.3. The van der Waals surface area contributed by atoms with Gasteiger partial charge in [0.05, 0.1) is 11.5 Å². The van der Waals surface area contributed by atoms with Gasteiger partial charge in [0.1, 0.15) is 0 Å². The maximum Gasteiger partial charge on any atom is 0.233 e. The van der Waals surface area contributed by atoms with E-state index in [1.165, 1.54) is 23.5 Å². The molecule has 6 aromatic rings. The third-order valence-electron chi connectivity index (χ3n) is 7.99. The summed E-state index contributed by atoms with van der Waals surface area (Å²) in [5.74, 6) is 1.91. The van der Waals surface area contributed by atoms with Crippen molar-refractivity contribution >= 4 is 35.3 Å². The molecule has 2 amide bonds. The van der Waals surface area contributed by atoms with Crippen LogP contribution in [0.25, 0.3) is 34.2 Å². The standard InChI is InChI=1S/C36H32N8O2S2/c45-31(25-47-35-39-37-33(27-13-5-1-6-14-27)43(35)29-17-9-3-10-18-29)41-21-23-42(24-22-41)32(46)26-48-36-40-38-34(28-15-7-2-8-16-28)44(36)30-19-11-4-12-20-30/h1-20H,21-26H2. The molecule has 0 radical (unpaired) electrons. The number of thioether (sulfide) groups is 2. The fraction of sp³-hybridized carbons (Fsp3) is 0.167. The van der Waals surface area contributed by atoms with Gasteiger partial charge in [-0.3, -0.25) is 18.7 Å². The number of rotatable bonds is 10. The smallest absolute Gasteiger partial charge is 0.233 e. The molecule has 0 spiro atoms. The monoisotopic (exact) mass is 672 g/mol. The Kier molecular flexibility index (Phi) is 9.62. The van der Waals surface area contributed by atoms with Crippen LogP contribution in [0.4, 0.5) is 0 Å². The number of aromatic nitrogens is 6. The molecule has 0 N–H and O–H groups in total. The maximum atomic E-state index is 13.3. The third kappa shape index (κ3) is 6.90. The molecule has 0 aliphatic carbocycles. The molecule has 3 heterocycles. The highest BCUT2D eigenvalue weighted by Crippen LogP contribution is 2.30. The largest absolute Gasteiger partial charge is 0.338 e. The summed E-state index contributed by atoms with van der Waals surface area (Å²) in [7, 11) is 0. The number of hydrogen-bond donors (Lipinski definition) is 0. The molecule has 1 aliphatic heterocycles. The molecule has 0 saturated carbocycles. The summed E-state index contributed by atoms with van der Waals surface area (Å²) in [6.45, 7) is 1.92. The van der Waals surface area contributed by atoms with E-state index in [0.717, 1.165) is 34.2 Å². The second-order valence-electron chi connectivity index (χ2n) is 11.0. The summed E-state index contributed by atoms with van der Waals surface area (Å²) >= 11 is 2.74. The average molecular weight is 673 g/mol. The molecule has 7 rings (SSSR count). The van der Waals surface area contributed by atoms with Crippen molar-refractivity contribution < 1.29 is 9.59 Å². The van der Waals surface area contributed by atoms with Crippen molar-refractivity contribution in [3.8, 4) is 34.2 Å². The first-order valence-electron chi connectivity index (χ1n) is 15.6. The van der Waals surface area contributed by atoms with E-state index >= 15 is 0 Å². The molecular formula is C36H32N8O2S2. The van der Waals surface area contributed by atoms with Gasteiger partial charge in [0.15, 0.2) is 22.0 Å². The van der Waals surface area contributed by atoms with E-state index in [0.29, 0.717) is 36.5 Å². The molecule has 10 nitrogen and oxygen atoms in total. The van der Waals surface area contributed by atoms with Gasteiger partial charge in [-0.1, -0.05) is 121 Å². The number of carbonyl (C=O) groups is 2. The number of amides is 2. The van der Waals surface area contributed by atoms with Crippen LogP contribution in [0.15, 0.2) is 132 Å². The zero-order valence-electron chi connectivity index (χ0n) is 26.0. The van der Waals surface area contributed by atoms with Crippen LogP contribution in [0, 0.1) is 0 Å². The van der Waals surface area contributed by atoms with Crippen LogP contribution in [-0.4, -0.2) is 88.8 Å². The van der Waals surface area contributed by atoms with Gasteiger partial charge in [-0.25, -0.2) is 0 Å². The zero-order chi connectivity index (χ0) is 32.7. The number of piperazine rings is 1. The molecule has 1 aliphatic rings. The predicted molar refractivity (Wildman–Crippen MR) is 188 cm³/mol. The van der Waals surface area contributed by atoms with Crippen LogP contribution >= 0.6 is 23.5 Å². The Morgan fingerprint density at radius 2 is 0.812 bits per heavy atom. The van der Waals surface area contributed by atoms with Gasteiger partial charge in [-0.15, -0.1) is 20.4 Å². The van der Waals surface area contributed by atoms with Crippen molar-refractivity contribution in [3.63, 3.8) is 0 Å². The van der Waals surface area contributed by atoms with Crippen molar-refractivity contribution in [2.45, 2.75) is 10.3 Å². The molecule has 0 atom stereocenters. The number of benzene rings is 4. The minimum atomic E-state index is 0.00903. The molecule has 2 aromatic heterocycles. The number of nitrogens with zero attached hydrogens (tertiary/aromatic N) is 8. The van der Waals surface area contributed by atoms with Crippen LogP contribution in [0.1, 0.15) is 0 Å². The van der Waals surface area contributed by atoms with E-state index < -0.39 is 0 Å². The molecule has 4 aromatic carbocycles. The van der Waals surface area contributed by atoms with Crippen molar-refractivity contribution in [2.75, 3.05) is 37.7 Å². The van der Waals surface area contributed by atoms with E-state index in [-0.39, 0.29) is 23.3 Å². The number of carbonyl (C=O) groups excluding carboxylic acids is 2. The summed E-state index contributed by atoms with van der Waals surface area (Å²) in [5, 5.41) is 19.1. The van der Waals surface area contributed by atoms with Gasteiger partial charge >= 0.3 is 0 Å². The van der Waals surface area contributed by atoms with Gasteiger partial charge in [-0.05, 0) is 24.3 Å². The second kappa shape index (κ2) is 14.7. The van der Waals surface area contributed by atoms with Crippen molar-refractivity contribution in [2.24, 2.45) is 0 Å². The molecule has 0 bridgehead atoms. The quantitative estimate of drug-likeness (QED) is 0.170. The fourth-order valence-electron chi connectivity index (χ4n) is 5.54. The van der Waals surface area contributed by atoms with Gasteiger partial charge in [0.2, 0.25) is 11.8 Å². The Morgan fingerprint density at radius 3 is 1.17 bits per heavy atom. The lowest BCUT2D eigenvalue weighted by Crippen LogP contribution is -2.51. The molecule has 0 unspecified atom stereocenters. The topological polar surface area (TPSA) is 102 Å². The average Bonchev–Trinajstić information content (AvgIpc) is 3.79. The van der Waals surface area contributed by atoms with Crippen LogP contribution < -0.4 is 0 Å². The van der Waals surface area contributed by atoms with Crippen molar-refractivity contribution in [1.82, 2.24) is 39.3 Å². The first-order chi connectivity index (χ1) is 23.7. The van der Waals surface area contributed by atoms with Crippen molar-refractivity contribution in [3.05, 3.63) is 121 Å². The summed E-state index contributed by atoms with van der Waals surface area (Å²) in [6, 6.07) is 39.6. The molecule has 48 heavy (non-hydrogen) atoms. The summed E-state index contributed by atoms with van der Waals surface area (Å²) < 4.78 is 3.98. The van der Waals surface area contributed by atoms with Crippen LogP contribution in [-0.2, 0) is 9.59 Å². The minimum Gasteiger partial charge on any atom is -0.338 e. The molecule has 1 fully saturated rings. The van der Waals surface area contributed by atoms with Crippen LogP contribution in [0.5, 0.6) is 0 Å². The van der Waals surface area contributed by atoms with Gasteiger partial charge in [-0.2, -0.15) is 0 Å². The van der Waals surface area contributed by atoms with Crippen molar-refractivity contribution in [1.29, 1.82) is 0 Å². The van der Waals surface area contributed by atoms with Crippen LogP contribution in [0.2, 0.25) is 0 Å². The van der Waals surface area contributed by atoms with E-state index in [2.05, 4.69) is 20.4 Å². The number of para-hydroxylation sites is 2. The first-order valence-corrected chi connectivity index (χ1v) is 17.6. The highest BCUT2D eigenvalue weighted by Gasteiger charge is 2.26. The molecular weight excluding hydrogens is 641 g/mol. The van der Waals surface area contributed by atoms with E-state index in [1.54, 1.807) is 0 Å². The second-order valence-corrected chi connectivity index (χ2v) is 12.9. The van der Waals surface area contributed by atoms with Crippen LogP contribution in [0.3, 0.4) is 0 Å². The van der Waals surface area contributed by atoms with Gasteiger partial charge in [0, 0.05) is 48.7 Å². The predicted octanol–water partition coefficient (Wildman–Crippen LogP) is 5.74. The van der Waals surface area contributed by atoms with E-state index in [1.807, 2.05) is 140 Å². The highest BCUT2D eigenvalue weighted by atomic mass is 32.2. The molecule has 240 valence electrons. The Bertz CT molecular complexity index is 1830. The Labute approximate surface area is 286 Å². The summed E-state index contributed by atoms with van der Waals surface area (Å²) in [5.41, 5.74) is 3.75. The SMILES string of the molecule is O=C(CSc1nnc(-c2ccccc2)n1-c1ccccc1)N1CCN(C(=O)CSc2nnc(-c3ccccc3)n2-c2ccccc2)CC1. The van der Waals surface area contributed by atoms with Gasteiger partial charge < -0.3 is 9.80 Å². The summed E-state index contributed by atoms with van der Waals surface area (Å²) in [4.78, 5) is 30.2. The first kappa shape index (κ1) is 31.4. The van der Waals surface area contributed by atoms with Gasteiger partial charge in [0.25, 0.3) is 0 Å². The number of hydrogen-bond acceptors (Lipinski definition) is 8. The minimum absolute atomic E-state index is 0.00903. The van der Waals surface area contributed by atoms with E-state index in [4.69, 9.17) is 0 Å².